The fourth-order valence-corrected chi connectivity index (χ4v) is 1.46. The molecule has 0 bridgehead atoms. The van der Waals surface area contributed by atoms with Crippen LogP contribution in [0.2, 0.25) is 0 Å². The van der Waals surface area contributed by atoms with Gasteiger partial charge in [-0.3, -0.25) is 0 Å². The summed E-state index contributed by atoms with van der Waals surface area (Å²) in [5.41, 5.74) is 0.614. The molecule has 0 unspecified atom stereocenters. The number of nitrogens with zero attached hydrogens (tertiary/aromatic N) is 1. The first kappa shape index (κ1) is 13.4. The van der Waals surface area contributed by atoms with Gasteiger partial charge in [0.1, 0.15) is 11.9 Å². The molecule has 0 saturated heterocycles. The summed E-state index contributed by atoms with van der Waals surface area (Å²) in [4.78, 5) is 0. The van der Waals surface area contributed by atoms with Crippen LogP contribution < -0.4 is 10.6 Å². The van der Waals surface area contributed by atoms with Crippen molar-refractivity contribution in [2.24, 2.45) is 0 Å². The van der Waals surface area contributed by atoms with Crippen LogP contribution in [0.25, 0.3) is 0 Å². The van der Waals surface area contributed by atoms with Gasteiger partial charge in [-0.05, 0) is 36.8 Å². The third-order valence-corrected chi connectivity index (χ3v) is 2.41. The highest BCUT2D eigenvalue weighted by atomic mass is 32.1. The van der Waals surface area contributed by atoms with Crippen LogP contribution in [0.15, 0.2) is 18.2 Å². The zero-order chi connectivity index (χ0) is 12.7. The molecule has 3 nitrogen and oxygen atoms in total. The fourth-order valence-electron chi connectivity index (χ4n) is 1.24. The zero-order valence-electron chi connectivity index (χ0n) is 9.59. The molecule has 0 aromatic heterocycles. The Balaban J connectivity index is 2.57. The molecule has 0 spiro atoms. The van der Waals surface area contributed by atoms with Gasteiger partial charge in [-0.25, -0.2) is 4.39 Å². The SMILES string of the molecule is CCCCNC(=S)Nc1ccc(F)c(C#N)c1. The Bertz CT molecular complexity index is 440. The van der Waals surface area contributed by atoms with Crippen molar-refractivity contribution in [3.63, 3.8) is 0 Å². The predicted molar refractivity (Wildman–Crippen MR) is 70.2 cm³/mol. The lowest BCUT2D eigenvalue weighted by atomic mass is 10.2. The lowest BCUT2D eigenvalue weighted by molar-refractivity contribution is 0.624. The van der Waals surface area contributed by atoms with Gasteiger partial charge in [0.2, 0.25) is 0 Å². The molecule has 1 aromatic rings. The van der Waals surface area contributed by atoms with E-state index in [2.05, 4.69) is 17.6 Å². The van der Waals surface area contributed by atoms with Crippen molar-refractivity contribution < 1.29 is 4.39 Å². The van der Waals surface area contributed by atoms with Gasteiger partial charge in [0.15, 0.2) is 5.11 Å². The molecular formula is C12H14FN3S. The molecule has 0 aliphatic heterocycles. The van der Waals surface area contributed by atoms with Gasteiger partial charge in [-0.1, -0.05) is 13.3 Å². The molecule has 0 atom stereocenters. The van der Waals surface area contributed by atoms with Gasteiger partial charge in [0.05, 0.1) is 5.56 Å². The highest BCUT2D eigenvalue weighted by molar-refractivity contribution is 7.80. The van der Waals surface area contributed by atoms with Gasteiger partial charge in [-0.2, -0.15) is 5.26 Å². The maximum atomic E-state index is 13.1. The van der Waals surface area contributed by atoms with Crippen LogP contribution in [0.3, 0.4) is 0 Å². The smallest absolute Gasteiger partial charge is 0.170 e. The van der Waals surface area contributed by atoms with E-state index in [1.807, 2.05) is 0 Å². The van der Waals surface area contributed by atoms with Gasteiger partial charge < -0.3 is 10.6 Å². The summed E-state index contributed by atoms with van der Waals surface area (Å²) in [6, 6.07) is 6.01. The molecule has 1 aromatic carbocycles. The first-order valence-corrected chi connectivity index (χ1v) is 5.82. The molecular weight excluding hydrogens is 237 g/mol. The third kappa shape index (κ3) is 4.37. The van der Waals surface area contributed by atoms with Crippen LogP contribution in [0, 0.1) is 17.1 Å². The fraction of sp³-hybridized carbons (Fsp3) is 0.333. The van der Waals surface area contributed by atoms with Gasteiger partial charge in [-0.15, -0.1) is 0 Å². The maximum absolute atomic E-state index is 13.1. The Morgan fingerprint density at radius 2 is 2.29 bits per heavy atom. The number of rotatable bonds is 4. The van der Waals surface area contributed by atoms with Crippen LogP contribution in [0.4, 0.5) is 10.1 Å². The number of hydrogen-bond acceptors (Lipinski definition) is 2. The van der Waals surface area contributed by atoms with Crippen LogP contribution >= 0.6 is 12.2 Å². The van der Waals surface area contributed by atoms with Crippen molar-refractivity contribution in [1.82, 2.24) is 5.32 Å². The average molecular weight is 251 g/mol. The van der Waals surface area contributed by atoms with Crippen molar-refractivity contribution in [2.45, 2.75) is 19.8 Å². The Hall–Kier alpha value is -1.67. The first-order chi connectivity index (χ1) is 8.17. The molecule has 0 amide bonds. The molecule has 5 heteroatoms. The minimum atomic E-state index is -0.525. The molecule has 0 aliphatic carbocycles. The van der Waals surface area contributed by atoms with Crippen LogP contribution in [-0.4, -0.2) is 11.7 Å². The van der Waals surface area contributed by atoms with Crippen LogP contribution in [-0.2, 0) is 0 Å². The van der Waals surface area contributed by atoms with E-state index in [1.54, 1.807) is 12.1 Å². The van der Waals surface area contributed by atoms with Crippen molar-refractivity contribution in [2.75, 3.05) is 11.9 Å². The third-order valence-electron chi connectivity index (χ3n) is 2.16. The largest absolute Gasteiger partial charge is 0.362 e. The summed E-state index contributed by atoms with van der Waals surface area (Å²) >= 11 is 5.06. The topological polar surface area (TPSA) is 47.8 Å². The molecule has 17 heavy (non-hydrogen) atoms. The van der Waals surface area contributed by atoms with E-state index in [0.717, 1.165) is 19.4 Å². The van der Waals surface area contributed by atoms with Crippen molar-refractivity contribution in [3.05, 3.63) is 29.6 Å². The number of thiocarbonyl (C=S) groups is 1. The highest BCUT2D eigenvalue weighted by Gasteiger charge is 2.03. The van der Waals surface area contributed by atoms with Crippen LogP contribution in [0.1, 0.15) is 25.3 Å². The number of benzene rings is 1. The summed E-state index contributed by atoms with van der Waals surface area (Å²) in [7, 11) is 0. The van der Waals surface area contributed by atoms with E-state index in [9.17, 15) is 4.39 Å². The second-order valence-corrected chi connectivity index (χ2v) is 3.95. The minimum Gasteiger partial charge on any atom is -0.362 e. The quantitative estimate of drug-likeness (QED) is 0.638. The second kappa shape index (κ2) is 6.81. The summed E-state index contributed by atoms with van der Waals surface area (Å²) < 4.78 is 13.1. The lowest BCUT2D eigenvalue weighted by Crippen LogP contribution is -2.29. The highest BCUT2D eigenvalue weighted by Crippen LogP contribution is 2.13. The maximum Gasteiger partial charge on any atom is 0.170 e. The molecule has 0 fully saturated rings. The first-order valence-electron chi connectivity index (χ1n) is 5.42. The number of nitriles is 1. The number of hydrogen-bond donors (Lipinski definition) is 2. The number of unbranched alkanes of at least 4 members (excludes halogenated alkanes) is 1. The molecule has 0 heterocycles. The average Bonchev–Trinajstić information content (AvgIpc) is 2.32. The van der Waals surface area contributed by atoms with Crippen molar-refractivity contribution >= 4 is 23.0 Å². The summed E-state index contributed by atoms with van der Waals surface area (Å²) in [5, 5.41) is 15.1. The number of halogens is 1. The summed E-state index contributed by atoms with van der Waals surface area (Å²) in [6.45, 7) is 2.89. The summed E-state index contributed by atoms with van der Waals surface area (Å²) in [6.07, 6.45) is 2.12. The minimum absolute atomic E-state index is 0.00589. The van der Waals surface area contributed by atoms with Crippen LogP contribution in [0.5, 0.6) is 0 Å². The van der Waals surface area contributed by atoms with E-state index in [4.69, 9.17) is 17.5 Å². The van der Waals surface area contributed by atoms with E-state index < -0.39 is 5.82 Å². The molecule has 90 valence electrons. The molecule has 0 saturated carbocycles. The normalized spacial score (nSPS) is 9.47. The Labute approximate surface area is 106 Å². The van der Waals surface area contributed by atoms with Gasteiger partial charge in [0, 0.05) is 12.2 Å². The predicted octanol–water partition coefficient (Wildman–Crippen LogP) is 2.78. The molecule has 2 N–H and O–H groups in total. The van der Waals surface area contributed by atoms with E-state index >= 15 is 0 Å². The van der Waals surface area contributed by atoms with E-state index in [-0.39, 0.29) is 5.56 Å². The van der Waals surface area contributed by atoms with Crippen molar-refractivity contribution in [3.8, 4) is 6.07 Å². The van der Waals surface area contributed by atoms with Crippen molar-refractivity contribution in [1.29, 1.82) is 5.26 Å². The number of anilines is 1. The number of nitrogens with one attached hydrogen (secondary N) is 2. The standard InChI is InChI=1S/C12H14FN3S/c1-2-3-6-15-12(17)16-10-4-5-11(13)9(7-10)8-14/h4-5,7H,2-3,6H2,1H3,(H2,15,16,17). The molecule has 0 aliphatic rings. The van der Waals surface area contributed by atoms with Gasteiger partial charge in [0.25, 0.3) is 0 Å². The monoisotopic (exact) mass is 251 g/mol. The van der Waals surface area contributed by atoms with E-state index in [1.165, 1.54) is 12.1 Å². The second-order valence-electron chi connectivity index (χ2n) is 3.54. The zero-order valence-corrected chi connectivity index (χ0v) is 10.4. The Morgan fingerprint density at radius 1 is 1.53 bits per heavy atom. The Kier molecular flexibility index (Phi) is 5.37. The molecule has 1 rings (SSSR count). The van der Waals surface area contributed by atoms with E-state index in [0.29, 0.717) is 10.8 Å². The Morgan fingerprint density at radius 3 is 2.94 bits per heavy atom. The summed E-state index contributed by atoms with van der Waals surface area (Å²) in [5.74, 6) is -0.525. The molecule has 0 radical (unpaired) electrons. The lowest BCUT2D eigenvalue weighted by Gasteiger charge is -2.10. The van der Waals surface area contributed by atoms with Gasteiger partial charge >= 0.3 is 0 Å².